The molecule has 2 aromatic rings. The van der Waals surface area contributed by atoms with Crippen LogP contribution in [-0.2, 0) is 16.1 Å². The molecule has 0 aliphatic rings. The number of rotatable bonds is 2. The fourth-order valence-corrected chi connectivity index (χ4v) is 1.42. The molecule has 0 fully saturated rings. The number of nitrogens with one attached hydrogen (secondary N) is 2. The van der Waals surface area contributed by atoms with Gasteiger partial charge >= 0.3 is 35.5 Å². The summed E-state index contributed by atoms with van der Waals surface area (Å²) in [5, 5.41) is 0. The molecule has 0 heterocycles. The zero-order chi connectivity index (χ0) is 15.4. The molecule has 2 unspecified atom stereocenters. The maximum atomic E-state index is 7.32. The standard InChI is InChI=1S/C8H10N.C8H9N.HI.Pt/c2*1-7(9)8-5-3-2-4-6-8;;/h2-7,9H,1H3;2-5,7,9H,1H3;1H;/q-1;-2;;+1/p-1. The minimum atomic E-state index is -0.147. The summed E-state index contributed by atoms with van der Waals surface area (Å²) in [6.07, 6.45) is 0. The summed E-state index contributed by atoms with van der Waals surface area (Å²) in [5.41, 5.74) is 16.6. The molecule has 0 aromatic heterocycles. The second-order valence-electron chi connectivity index (χ2n) is 4.17. The van der Waals surface area contributed by atoms with Crippen molar-refractivity contribution in [3.63, 3.8) is 0 Å². The third-order valence-corrected chi connectivity index (χ3v) is 2.50. The van der Waals surface area contributed by atoms with Crippen molar-refractivity contribution in [1.82, 2.24) is 0 Å². The van der Waals surface area contributed by atoms with Crippen molar-refractivity contribution in [2.24, 2.45) is 0 Å². The number of hydrogen-bond donors (Lipinski definition) is 0. The Bertz CT molecular complexity index is 389. The van der Waals surface area contributed by atoms with Crippen LogP contribution in [-0.4, -0.2) is 0 Å². The van der Waals surface area contributed by atoms with Crippen molar-refractivity contribution in [2.45, 2.75) is 25.9 Å². The SMILES string of the molecule is CC([NH-])c1[c-]cccc1.CC([NH-])c1ccccc1.[I][Pt]. The van der Waals surface area contributed by atoms with Crippen LogP contribution in [0.5, 0.6) is 0 Å². The fraction of sp³-hybridized carbons (Fsp3) is 0.250. The van der Waals surface area contributed by atoms with E-state index in [2.05, 4.69) is 41.6 Å². The first kappa shape index (κ1) is 19.8. The monoisotopic (exact) mass is 561 g/mol. The van der Waals surface area contributed by atoms with E-state index in [1.165, 1.54) is 0 Å². The van der Waals surface area contributed by atoms with Crippen LogP contribution < -0.4 is 0 Å². The zero-order valence-electron chi connectivity index (χ0n) is 11.5. The Morgan fingerprint density at radius 2 is 1.45 bits per heavy atom. The third kappa shape index (κ3) is 8.85. The molecule has 0 aliphatic carbocycles. The van der Waals surface area contributed by atoms with E-state index in [0.717, 1.165) is 11.1 Å². The normalized spacial score (nSPS) is 12.2. The van der Waals surface area contributed by atoms with Crippen LogP contribution in [0, 0.1) is 6.07 Å². The molecule has 0 radical (unpaired) electrons. The van der Waals surface area contributed by atoms with E-state index >= 15 is 0 Å². The van der Waals surface area contributed by atoms with Gasteiger partial charge in [0.25, 0.3) is 0 Å². The van der Waals surface area contributed by atoms with Crippen LogP contribution in [0.3, 0.4) is 0 Å². The summed E-state index contributed by atoms with van der Waals surface area (Å²) in [5.74, 6) is 0. The van der Waals surface area contributed by atoms with Crippen molar-refractivity contribution >= 4 is 19.4 Å². The molecule has 0 aliphatic heterocycles. The Morgan fingerprint density at radius 3 is 1.75 bits per heavy atom. The molecule has 2 nitrogen and oxygen atoms in total. The van der Waals surface area contributed by atoms with Gasteiger partial charge in [-0.05, 0) is 0 Å². The first-order chi connectivity index (χ1) is 9.61. The van der Waals surface area contributed by atoms with E-state index in [0.29, 0.717) is 0 Å². The summed E-state index contributed by atoms with van der Waals surface area (Å²) in [4.78, 5) is 0. The Labute approximate surface area is 144 Å². The summed E-state index contributed by atoms with van der Waals surface area (Å²) in [7, 11) is 0. The van der Waals surface area contributed by atoms with Gasteiger partial charge in [-0.15, -0.1) is 12.1 Å². The molecule has 4 heteroatoms. The van der Waals surface area contributed by atoms with Crippen LogP contribution in [0.15, 0.2) is 54.6 Å². The Balaban J connectivity index is 0.000000321. The molecule has 0 bridgehead atoms. The van der Waals surface area contributed by atoms with Crippen LogP contribution in [0.25, 0.3) is 11.5 Å². The molecule has 113 valence electrons. The predicted octanol–water partition coefficient (Wildman–Crippen LogP) is 6.28. The number of benzene rings is 2. The molecule has 0 saturated heterocycles. The summed E-state index contributed by atoms with van der Waals surface area (Å²) in [6, 6.07) is 20.1. The van der Waals surface area contributed by atoms with E-state index in [4.69, 9.17) is 11.5 Å². The van der Waals surface area contributed by atoms with E-state index in [-0.39, 0.29) is 12.1 Å². The van der Waals surface area contributed by atoms with Crippen LogP contribution in [0.4, 0.5) is 0 Å². The Kier molecular flexibility index (Phi) is 12.4. The average Bonchev–Trinajstić information content (AvgIpc) is 2.51. The van der Waals surface area contributed by atoms with Gasteiger partial charge in [-0.25, -0.2) is 0 Å². The maximum absolute atomic E-state index is 7.32. The van der Waals surface area contributed by atoms with E-state index in [1.54, 1.807) is 0 Å². The van der Waals surface area contributed by atoms with Crippen LogP contribution in [0.1, 0.15) is 37.1 Å². The average molecular weight is 561 g/mol. The predicted molar refractivity (Wildman–Crippen MR) is 91.2 cm³/mol. The van der Waals surface area contributed by atoms with Gasteiger partial charge in [0.05, 0.1) is 0 Å². The number of hydrogen-bond acceptors (Lipinski definition) is 0. The van der Waals surface area contributed by atoms with Crippen molar-refractivity contribution in [1.29, 1.82) is 0 Å². The van der Waals surface area contributed by atoms with Crippen molar-refractivity contribution in [3.05, 3.63) is 83.3 Å². The molecule has 0 spiro atoms. The van der Waals surface area contributed by atoms with Gasteiger partial charge in [-0.1, -0.05) is 49.7 Å². The molecule has 2 aromatic carbocycles. The minimum absolute atomic E-state index is 0.0915. The van der Waals surface area contributed by atoms with Crippen molar-refractivity contribution < 1.29 is 16.1 Å². The second-order valence-corrected chi connectivity index (χ2v) is 4.17. The zero-order valence-corrected chi connectivity index (χ0v) is 16.0. The summed E-state index contributed by atoms with van der Waals surface area (Å²) >= 11 is 4.23. The summed E-state index contributed by atoms with van der Waals surface area (Å²) < 4.78 is 0. The number of halogens is 1. The van der Waals surface area contributed by atoms with E-state index < -0.39 is 0 Å². The quantitative estimate of drug-likeness (QED) is 0.306. The molecular weight excluding hydrogens is 542 g/mol. The van der Waals surface area contributed by atoms with E-state index in [9.17, 15) is 0 Å². The van der Waals surface area contributed by atoms with Crippen LogP contribution >= 0.6 is 19.4 Å². The molecular formula is C16H19IN2Pt-3. The molecule has 2 atom stereocenters. The van der Waals surface area contributed by atoms with Gasteiger partial charge in [0.15, 0.2) is 0 Å². The van der Waals surface area contributed by atoms with Gasteiger partial charge < -0.3 is 11.5 Å². The topological polar surface area (TPSA) is 47.6 Å². The van der Waals surface area contributed by atoms with Crippen LogP contribution in [0.2, 0.25) is 0 Å². The van der Waals surface area contributed by atoms with Gasteiger partial charge in [0.2, 0.25) is 0 Å². The summed E-state index contributed by atoms with van der Waals surface area (Å²) in [6.45, 7) is 3.71. The Morgan fingerprint density at radius 1 is 0.900 bits per heavy atom. The first-order valence-electron chi connectivity index (χ1n) is 6.17. The molecule has 2 rings (SSSR count). The Hall–Kier alpha value is -0.222. The molecule has 0 amide bonds. The van der Waals surface area contributed by atoms with Gasteiger partial charge in [0, 0.05) is 0 Å². The third-order valence-electron chi connectivity index (χ3n) is 2.50. The van der Waals surface area contributed by atoms with Gasteiger partial charge in [-0.2, -0.15) is 35.9 Å². The first-order valence-corrected chi connectivity index (χ1v) is 12.6. The molecule has 2 N–H and O–H groups in total. The fourth-order valence-electron chi connectivity index (χ4n) is 1.42. The van der Waals surface area contributed by atoms with Crippen molar-refractivity contribution in [2.75, 3.05) is 0 Å². The molecule has 20 heavy (non-hydrogen) atoms. The van der Waals surface area contributed by atoms with Gasteiger partial charge in [0.1, 0.15) is 0 Å². The van der Waals surface area contributed by atoms with E-state index in [1.807, 2.05) is 68.4 Å². The van der Waals surface area contributed by atoms with Crippen molar-refractivity contribution in [3.8, 4) is 0 Å². The van der Waals surface area contributed by atoms with Gasteiger partial charge in [-0.3, -0.25) is 0 Å². The second kappa shape index (κ2) is 12.5. The molecule has 0 saturated carbocycles.